The third-order valence-corrected chi connectivity index (χ3v) is 1.66. The molecule has 0 heterocycles. The summed E-state index contributed by atoms with van der Waals surface area (Å²) >= 11 is 5.47. The van der Waals surface area contributed by atoms with Gasteiger partial charge >= 0.3 is 6.98 Å². The van der Waals surface area contributed by atoms with Crippen molar-refractivity contribution < 1.29 is 12.9 Å². The first kappa shape index (κ1) is 9.45. The molecule has 0 aromatic heterocycles. The minimum absolute atomic E-state index is 0.129. The minimum atomic E-state index is -4.93. The van der Waals surface area contributed by atoms with E-state index in [-0.39, 0.29) is 5.02 Å². The van der Waals surface area contributed by atoms with E-state index in [1.807, 2.05) is 0 Å². The highest BCUT2D eigenvalue weighted by atomic mass is 35.5. The zero-order chi connectivity index (χ0) is 9.35. The topological polar surface area (TPSA) is 0 Å². The largest absolute Gasteiger partial charge is 0.509 e. The smallest absolute Gasteiger partial charge is 0.445 e. The maximum atomic E-state index is 12.2. The van der Waals surface area contributed by atoms with Gasteiger partial charge in [-0.2, -0.15) is 0 Å². The van der Waals surface area contributed by atoms with Crippen molar-refractivity contribution in [2.75, 3.05) is 0 Å². The molecule has 0 aliphatic carbocycles. The lowest BCUT2D eigenvalue weighted by atomic mass is 9.79. The van der Waals surface area contributed by atoms with Crippen LogP contribution in [0.2, 0.25) is 5.02 Å². The summed E-state index contributed by atoms with van der Waals surface area (Å²) in [7, 11) is 0. The van der Waals surface area contributed by atoms with Crippen LogP contribution >= 0.6 is 11.6 Å². The number of benzene rings is 1. The zero-order valence-corrected chi connectivity index (χ0v) is 7.08. The van der Waals surface area contributed by atoms with Crippen LogP contribution in [0.15, 0.2) is 18.2 Å². The molecule has 0 amide bonds. The Labute approximate surface area is 73.4 Å². The number of halogens is 4. The summed E-state index contributed by atoms with van der Waals surface area (Å²) in [5.41, 5.74) is -0.114. The van der Waals surface area contributed by atoms with Crippen LogP contribution < -0.4 is 5.46 Å². The summed E-state index contributed by atoms with van der Waals surface area (Å²) in [5, 5.41) is 0.129. The molecule has 1 aromatic rings. The van der Waals surface area contributed by atoms with Crippen molar-refractivity contribution >= 4 is 24.0 Å². The Morgan fingerprint density at radius 1 is 1.17 bits per heavy atom. The molecule has 0 aliphatic heterocycles. The number of aryl methyl sites for hydroxylation is 1. The lowest BCUT2D eigenvalue weighted by molar-refractivity contribution is 0.501. The zero-order valence-electron chi connectivity index (χ0n) is 6.32. The highest BCUT2D eigenvalue weighted by Crippen LogP contribution is 2.14. The first-order valence-electron chi connectivity index (χ1n) is 3.36. The van der Waals surface area contributed by atoms with Crippen LogP contribution in [0.25, 0.3) is 0 Å². The van der Waals surface area contributed by atoms with Gasteiger partial charge in [-0.3, -0.25) is 0 Å². The molecule has 0 spiro atoms. The summed E-state index contributed by atoms with van der Waals surface area (Å²) in [4.78, 5) is 0. The van der Waals surface area contributed by atoms with Gasteiger partial charge in [-0.05, 0) is 13.0 Å². The Morgan fingerprint density at radius 3 is 2.17 bits per heavy atom. The monoisotopic (exact) mass is 193 g/mol. The van der Waals surface area contributed by atoms with Crippen molar-refractivity contribution in [3.8, 4) is 0 Å². The lowest BCUT2D eigenvalue weighted by Gasteiger charge is -2.15. The summed E-state index contributed by atoms with van der Waals surface area (Å²) < 4.78 is 36.5. The highest BCUT2D eigenvalue weighted by Gasteiger charge is 2.25. The molecule has 0 unspecified atom stereocenters. The molecule has 0 radical (unpaired) electrons. The van der Waals surface area contributed by atoms with E-state index in [1.165, 1.54) is 6.07 Å². The van der Waals surface area contributed by atoms with E-state index in [9.17, 15) is 12.9 Å². The third-order valence-electron chi connectivity index (χ3n) is 1.44. The average Bonchev–Trinajstić information content (AvgIpc) is 1.82. The fourth-order valence-corrected chi connectivity index (χ4v) is 1.25. The number of rotatable bonds is 1. The van der Waals surface area contributed by atoms with Gasteiger partial charge in [-0.15, -0.1) is 5.46 Å². The SMILES string of the molecule is Cc1cc(Cl)cc([B-](F)(F)F)c1. The first-order chi connectivity index (χ1) is 5.39. The van der Waals surface area contributed by atoms with Gasteiger partial charge in [0, 0.05) is 5.02 Å². The molecule has 0 bridgehead atoms. The van der Waals surface area contributed by atoms with Crippen LogP contribution in [0.5, 0.6) is 0 Å². The van der Waals surface area contributed by atoms with Gasteiger partial charge in [0.1, 0.15) is 0 Å². The van der Waals surface area contributed by atoms with Crippen molar-refractivity contribution in [3.05, 3.63) is 28.8 Å². The van der Waals surface area contributed by atoms with Gasteiger partial charge in [0.25, 0.3) is 0 Å². The van der Waals surface area contributed by atoms with Crippen LogP contribution in [0.3, 0.4) is 0 Å². The summed E-state index contributed by atoms with van der Waals surface area (Å²) in [6, 6.07) is 3.52. The quantitative estimate of drug-likeness (QED) is 0.602. The maximum Gasteiger partial charge on any atom is 0.509 e. The van der Waals surface area contributed by atoms with Crippen molar-refractivity contribution in [2.45, 2.75) is 6.92 Å². The third kappa shape index (κ3) is 2.17. The molecule has 5 heteroatoms. The standard InChI is InChI=1S/C7H6BClF3/c1-5-2-6(8(10,11)12)4-7(9)3-5/h2-4H,1H3/q-1. The van der Waals surface area contributed by atoms with Crippen molar-refractivity contribution in [1.82, 2.24) is 0 Å². The normalized spacial score (nSPS) is 11.8. The van der Waals surface area contributed by atoms with E-state index in [2.05, 4.69) is 0 Å². The molecule has 0 aliphatic rings. The van der Waals surface area contributed by atoms with E-state index in [0.29, 0.717) is 5.56 Å². The molecule has 66 valence electrons. The van der Waals surface area contributed by atoms with Crippen molar-refractivity contribution in [1.29, 1.82) is 0 Å². The molecule has 0 saturated heterocycles. The molecule has 0 nitrogen and oxygen atoms in total. The molecule has 0 fully saturated rings. The number of hydrogen-bond acceptors (Lipinski definition) is 0. The molecular formula is C7H6BClF3-. The van der Waals surface area contributed by atoms with Crippen LogP contribution in [0.4, 0.5) is 12.9 Å². The second kappa shape index (κ2) is 3.01. The second-order valence-corrected chi connectivity index (χ2v) is 3.07. The van der Waals surface area contributed by atoms with E-state index in [1.54, 1.807) is 6.92 Å². The first-order valence-corrected chi connectivity index (χ1v) is 3.74. The van der Waals surface area contributed by atoms with Gasteiger partial charge in [0.2, 0.25) is 0 Å². The average molecular weight is 193 g/mol. The predicted molar refractivity (Wildman–Crippen MR) is 44.9 cm³/mol. The lowest BCUT2D eigenvalue weighted by Crippen LogP contribution is -2.34. The van der Waals surface area contributed by atoms with Crippen LogP contribution in [0, 0.1) is 6.92 Å². The Bertz CT molecular complexity index is 275. The van der Waals surface area contributed by atoms with Crippen molar-refractivity contribution in [2.24, 2.45) is 0 Å². The van der Waals surface area contributed by atoms with Gasteiger partial charge in [0.05, 0.1) is 0 Å². The van der Waals surface area contributed by atoms with Gasteiger partial charge in [0.15, 0.2) is 0 Å². The van der Waals surface area contributed by atoms with Crippen molar-refractivity contribution in [3.63, 3.8) is 0 Å². The maximum absolute atomic E-state index is 12.2. The summed E-state index contributed by atoms with van der Waals surface area (Å²) in [5.74, 6) is 0. The Morgan fingerprint density at radius 2 is 1.75 bits per heavy atom. The molecule has 0 N–H and O–H groups in total. The molecule has 1 aromatic carbocycles. The van der Waals surface area contributed by atoms with Crippen LogP contribution in [0.1, 0.15) is 5.56 Å². The Kier molecular flexibility index (Phi) is 2.37. The molecule has 0 atom stereocenters. The highest BCUT2D eigenvalue weighted by molar-refractivity contribution is 6.73. The fourth-order valence-electron chi connectivity index (χ4n) is 0.954. The molecule has 1 rings (SSSR count). The van der Waals surface area contributed by atoms with Crippen LogP contribution in [-0.2, 0) is 0 Å². The van der Waals surface area contributed by atoms with E-state index in [0.717, 1.165) is 12.1 Å². The minimum Gasteiger partial charge on any atom is -0.445 e. The van der Waals surface area contributed by atoms with Gasteiger partial charge in [-0.1, -0.05) is 29.3 Å². The van der Waals surface area contributed by atoms with E-state index >= 15 is 0 Å². The Hall–Kier alpha value is -0.635. The summed E-state index contributed by atoms with van der Waals surface area (Å²) in [6.07, 6.45) is 0. The Balaban J connectivity index is 3.18. The number of hydrogen-bond donors (Lipinski definition) is 0. The van der Waals surface area contributed by atoms with E-state index < -0.39 is 12.4 Å². The molecular weight excluding hydrogens is 187 g/mol. The van der Waals surface area contributed by atoms with E-state index in [4.69, 9.17) is 11.6 Å². The van der Waals surface area contributed by atoms with Gasteiger partial charge in [-0.25, -0.2) is 0 Å². The second-order valence-electron chi connectivity index (χ2n) is 2.64. The molecule has 0 saturated carbocycles. The molecule has 12 heavy (non-hydrogen) atoms. The van der Waals surface area contributed by atoms with Gasteiger partial charge < -0.3 is 12.9 Å². The predicted octanol–water partition coefficient (Wildman–Crippen LogP) is 2.70. The summed E-state index contributed by atoms with van der Waals surface area (Å²) in [6.45, 7) is -3.35. The fraction of sp³-hybridized carbons (Fsp3) is 0.143. The van der Waals surface area contributed by atoms with Crippen LogP contribution in [-0.4, -0.2) is 6.98 Å².